The van der Waals surface area contributed by atoms with Crippen LogP contribution in [0.1, 0.15) is 27.0 Å². The fourth-order valence-corrected chi connectivity index (χ4v) is 5.14. The standard InChI is InChI=1S/C26H28N2O4S/c1-17-9-10-21(18(2)15-17)32-16-22(29)27-25-23(26(30)28-11-13-31-14-12-28)19(3)24(33-25)20-7-5-4-6-8-20/h4-10,15H,11-14,16H2,1-3H3,(H,27,29). The minimum Gasteiger partial charge on any atom is -0.483 e. The number of anilines is 1. The molecule has 0 atom stereocenters. The van der Waals surface area contributed by atoms with E-state index >= 15 is 0 Å². The van der Waals surface area contributed by atoms with Gasteiger partial charge in [0.05, 0.1) is 18.8 Å². The monoisotopic (exact) mass is 464 g/mol. The van der Waals surface area contributed by atoms with Gasteiger partial charge in [0.15, 0.2) is 6.61 Å². The normalized spacial score (nSPS) is 13.6. The molecule has 3 aromatic rings. The van der Waals surface area contributed by atoms with Crippen molar-refractivity contribution in [2.75, 3.05) is 38.2 Å². The molecule has 1 aliphatic rings. The van der Waals surface area contributed by atoms with Crippen molar-refractivity contribution in [2.24, 2.45) is 0 Å². The highest BCUT2D eigenvalue weighted by atomic mass is 32.1. The first-order chi connectivity index (χ1) is 15.9. The van der Waals surface area contributed by atoms with E-state index in [0.29, 0.717) is 42.6 Å². The van der Waals surface area contributed by atoms with Crippen molar-refractivity contribution in [1.29, 1.82) is 0 Å². The Hall–Kier alpha value is -3.16. The van der Waals surface area contributed by atoms with Crippen LogP contribution in [0, 0.1) is 20.8 Å². The van der Waals surface area contributed by atoms with Gasteiger partial charge in [-0.25, -0.2) is 0 Å². The van der Waals surface area contributed by atoms with Crippen LogP contribution in [0.25, 0.3) is 10.4 Å². The number of hydrogen-bond donors (Lipinski definition) is 1. The lowest BCUT2D eigenvalue weighted by Crippen LogP contribution is -2.41. The Kier molecular flexibility index (Phi) is 7.11. The maximum Gasteiger partial charge on any atom is 0.262 e. The van der Waals surface area contributed by atoms with Crippen molar-refractivity contribution in [3.8, 4) is 16.2 Å². The van der Waals surface area contributed by atoms with Crippen LogP contribution in [0.4, 0.5) is 5.00 Å². The molecule has 1 N–H and O–H groups in total. The summed E-state index contributed by atoms with van der Waals surface area (Å²) in [6, 6.07) is 15.7. The third-order valence-electron chi connectivity index (χ3n) is 5.64. The van der Waals surface area contributed by atoms with Crippen LogP contribution in [0.5, 0.6) is 5.75 Å². The number of carbonyl (C=O) groups is 2. The zero-order valence-electron chi connectivity index (χ0n) is 19.1. The van der Waals surface area contributed by atoms with Crippen LogP contribution < -0.4 is 10.1 Å². The minimum atomic E-state index is -0.299. The molecule has 1 aliphatic heterocycles. The Balaban J connectivity index is 1.58. The molecule has 0 unspecified atom stereocenters. The summed E-state index contributed by atoms with van der Waals surface area (Å²) in [7, 11) is 0. The van der Waals surface area contributed by atoms with E-state index in [2.05, 4.69) is 5.32 Å². The van der Waals surface area contributed by atoms with Crippen LogP contribution in [0.3, 0.4) is 0 Å². The maximum absolute atomic E-state index is 13.4. The first kappa shape index (κ1) is 23.0. The Morgan fingerprint density at radius 1 is 1.06 bits per heavy atom. The Bertz CT molecular complexity index is 1150. The number of hydrogen-bond acceptors (Lipinski definition) is 5. The lowest BCUT2D eigenvalue weighted by atomic mass is 10.1. The molecule has 0 bridgehead atoms. The van der Waals surface area contributed by atoms with Crippen molar-refractivity contribution in [1.82, 2.24) is 4.90 Å². The van der Waals surface area contributed by atoms with Gasteiger partial charge in [0.2, 0.25) is 0 Å². The number of thiophene rings is 1. The van der Waals surface area contributed by atoms with E-state index in [0.717, 1.165) is 27.1 Å². The Morgan fingerprint density at radius 3 is 2.48 bits per heavy atom. The van der Waals surface area contributed by atoms with E-state index in [1.807, 2.05) is 69.3 Å². The summed E-state index contributed by atoms with van der Waals surface area (Å²) in [5.74, 6) is 0.291. The quantitative estimate of drug-likeness (QED) is 0.567. The van der Waals surface area contributed by atoms with Crippen molar-refractivity contribution in [3.05, 3.63) is 70.8 Å². The number of aryl methyl sites for hydroxylation is 2. The second kappa shape index (κ2) is 10.2. The third kappa shape index (κ3) is 5.26. The van der Waals surface area contributed by atoms with Gasteiger partial charge >= 0.3 is 0 Å². The molecule has 0 saturated carbocycles. The highest BCUT2D eigenvalue weighted by molar-refractivity contribution is 7.20. The van der Waals surface area contributed by atoms with Gasteiger partial charge in [-0.2, -0.15) is 0 Å². The second-order valence-electron chi connectivity index (χ2n) is 8.14. The summed E-state index contributed by atoms with van der Waals surface area (Å²) in [5.41, 5.74) is 4.54. The molecule has 2 aromatic carbocycles. The van der Waals surface area contributed by atoms with Crippen LogP contribution in [-0.2, 0) is 9.53 Å². The van der Waals surface area contributed by atoms with Gasteiger partial charge in [0, 0.05) is 18.0 Å². The number of benzene rings is 2. The predicted octanol–water partition coefficient (Wildman–Crippen LogP) is 4.83. The average Bonchev–Trinajstić information content (AvgIpc) is 3.14. The highest BCUT2D eigenvalue weighted by Crippen LogP contribution is 2.40. The Labute approximate surface area is 198 Å². The van der Waals surface area contributed by atoms with Crippen molar-refractivity contribution in [3.63, 3.8) is 0 Å². The number of ether oxygens (including phenoxy) is 2. The van der Waals surface area contributed by atoms with Crippen LogP contribution in [-0.4, -0.2) is 49.6 Å². The van der Waals surface area contributed by atoms with Gasteiger partial charge < -0.3 is 19.7 Å². The van der Waals surface area contributed by atoms with Crippen molar-refractivity contribution >= 4 is 28.2 Å². The highest BCUT2D eigenvalue weighted by Gasteiger charge is 2.28. The smallest absolute Gasteiger partial charge is 0.262 e. The average molecular weight is 465 g/mol. The van der Waals surface area contributed by atoms with Gasteiger partial charge in [0.25, 0.3) is 11.8 Å². The fraction of sp³-hybridized carbons (Fsp3) is 0.308. The van der Waals surface area contributed by atoms with Gasteiger partial charge in [-0.1, -0.05) is 48.0 Å². The molecule has 0 spiro atoms. The number of carbonyl (C=O) groups excluding carboxylic acids is 2. The zero-order valence-corrected chi connectivity index (χ0v) is 20.0. The zero-order chi connectivity index (χ0) is 23.4. The van der Waals surface area contributed by atoms with Crippen molar-refractivity contribution in [2.45, 2.75) is 20.8 Å². The van der Waals surface area contributed by atoms with E-state index < -0.39 is 0 Å². The minimum absolute atomic E-state index is 0.0835. The van der Waals surface area contributed by atoms with E-state index in [1.54, 1.807) is 4.90 Å². The van der Waals surface area contributed by atoms with E-state index in [4.69, 9.17) is 9.47 Å². The predicted molar refractivity (Wildman–Crippen MR) is 131 cm³/mol. The molecule has 2 heterocycles. The number of morpholine rings is 1. The third-order valence-corrected chi connectivity index (χ3v) is 6.89. The largest absolute Gasteiger partial charge is 0.483 e. The van der Waals surface area contributed by atoms with Crippen molar-refractivity contribution < 1.29 is 19.1 Å². The first-order valence-corrected chi connectivity index (χ1v) is 11.8. The van der Waals surface area contributed by atoms with Crippen LogP contribution >= 0.6 is 11.3 Å². The van der Waals surface area contributed by atoms with Crippen LogP contribution in [0.15, 0.2) is 48.5 Å². The number of rotatable bonds is 6. The molecular weight excluding hydrogens is 436 g/mol. The summed E-state index contributed by atoms with van der Waals surface area (Å²) >= 11 is 1.42. The lowest BCUT2D eigenvalue weighted by molar-refractivity contribution is -0.118. The summed E-state index contributed by atoms with van der Waals surface area (Å²) in [6.07, 6.45) is 0. The van der Waals surface area contributed by atoms with Gasteiger partial charge in [0.1, 0.15) is 10.8 Å². The second-order valence-corrected chi connectivity index (χ2v) is 9.16. The molecule has 0 aliphatic carbocycles. The lowest BCUT2D eigenvalue weighted by Gasteiger charge is -2.27. The first-order valence-electron chi connectivity index (χ1n) is 11.0. The van der Waals surface area contributed by atoms with Gasteiger partial charge in [-0.3, -0.25) is 9.59 Å². The molecule has 1 aromatic heterocycles. The molecule has 1 saturated heterocycles. The summed E-state index contributed by atoms with van der Waals surface area (Å²) in [4.78, 5) is 29.0. The molecule has 7 heteroatoms. The molecule has 0 radical (unpaired) electrons. The number of amides is 2. The summed E-state index contributed by atoms with van der Waals surface area (Å²) < 4.78 is 11.1. The van der Waals surface area contributed by atoms with Gasteiger partial charge in [-0.05, 0) is 43.5 Å². The van der Waals surface area contributed by atoms with E-state index in [-0.39, 0.29) is 18.4 Å². The molecule has 6 nitrogen and oxygen atoms in total. The SMILES string of the molecule is Cc1ccc(OCC(=O)Nc2sc(-c3ccccc3)c(C)c2C(=O)N2CCOCC2)c(C)c1. The molecule has 33 heavy (non-hydrogen) atoms. The molecule has 4 rings (SSSR count). The summed E-state index contributed by atoms with van der Waals surface area (Å²) in [5, 5.41) is 3.49. The molecule has 172 valence electrons. The molecular formula is C26H28N2O4S. The topological polar surface area (TPSA) is 67.9 Å². The fourth-order valence-electron chi connectivity index (χ4n) is 3.92. The van der Waals surface area contributed by atoms with Gasteiger partial charge in [-0.15, -0.1) is 11.3 Å². The molecule has 1 fully saturated rings. The summed E-state index contributed by atoms with van der Waals surface area (Å²) in [6.45, 7) is 7.89. The molecule has 2 amide bonds. The van der Waals surface area contributed by atoms with E-state index in [1.165, 1.54) is 11.3 Å². The van der Waals surface area contributed by atoms with E-state index in [9.17, 15) is 9.59 Å². The number of nitrogens with one attached hydrogen (secondary N) is 1. The maximum atomic E-state index is 13.4. The number of nitrogens with zero attached hydrogens (tertiary/aromatic N) is 1. The van der Waals surface area contributed by atoms with Crippen LogP contribution in [0.2, 0.25) is 0 Å². The Morgan fingerprint density at radius 2 is 1.79 bits per heavy atom.